The number of para-hydroxylation sites is 1. The second-order valence-corrected chi connectivity index (χ2v) is 4.93. The van der Waals surface area contributed by atoms with Crippen molar-refractivity contribution in [3.63, 3.8) is 0 Å². The number of esters is 1. The van der Waals surface area contributed by atoms with Crippen LogP contribution < -0.4 is 10.2 Å². The lowest BCUT2D eigenvalue weighted by atomic mass is 9.87. The number of hydrogen-bond acceptors (Lipinski definition) is 4. The molecule has 1 heterocycles. The summed E-state index contributed by atoms with van der Waals surface area (Å²) in [5.74, 6) is -0.137. The summed E-state index contributed by atoms with van der Waals surface area (Å²) >= 11 is 0. The fraction of sp³-hybridized carbons (Fsp3) is 0.533. The van der Waals surface area contributed by atoms with Crippen molar-refractivity contribution in [1.82, 2.24) is 5.32 Å². The third-order valence-electron chi connectivity index (χ3n) is 3.83. The number of piperidine rings is 1. The van der Waals surface area contributed by atoms with Crippen LogP contribution in [0.1, 0.15) is 19.8 Å². The normalized spacial score (nSPS) is 18.1. The molecule has 0 saturated carbocycles. The number of nitrogens with zero attached hydrogens (tertiary/aromatic N) is 1. The Bertz CT molecular complexity index is 411. The van der Waals surface area contributed by atoms with Crippen LogP contribution in [0.15, 0.2) is 30.3 Å². The van der Waals surface area contributed by atoms with Crippen molar-refractivity contribution in [3.8, 4) is 0 Å². The maximum Gasteiger partial charge on any atom is 0.326 e. The van der Waals surface area contributed by atoms with Crippen LogP contribution in [-0.2, 0) is 9.53 Å². The highest BCUT2D eigenvalue weighted by molar-refractivity contribution is 5.81. The number of hydrogen-bond donors (Lipinski definition) is 1. The minimum absolute atomic E-state index is 0.137. The standard InChI is InChI=1S/C15H22N2O2/c1-3-16-15(14(18)19-2)9-11-17(12-10-15)13-7-5-4-6-8-13/h4-8,16H,3,9-12H2,1-2H3. The largest absolute Gasteiger partial charge is 0.468 e. The molecule has 1 fully saturated rings. The second kappa shape index (κ2) is 6.06. The fourth-order valence-electron chi connectivity index (χ4n) is 2.77. The summed E-state index contributed by atoms with van der Waals surface area (Å²) in [4.78, 5) is 14.3. The summed E-state index contributed by atoms with van der Waals surface area (Å²) < 4.78 is 4.97. The van der Waals surface area contributed by atoms with Gasteiger partial charge >= 0.3 is 5.97 Å². The molecule has 0 aliphatic carbocycles. The van der Waals surface area contributed by atoms with Crippen LogP contribution in [0, 0.1) is 0 Å². The van der Waals surface area contributed by atoms with Crippen LogP contribution in [0.25, 0.3) is 0 Å². The molecule has 1 aromatic rings. The number of methoxy groups -OCH3 is 1. The van der Waals surface area contributed by atoms with E-state index in [0.717, 1.165) is 32.5 Å². The average molecular weight is 262 g/mol. The van der Waals surface area contributed by atoms with Gasteiger partial charge in [-0.2, -0.15) is 0 Å². The van der Waals surface area contributed by atoms with Crippen LogP contribution in [0.3, 0.4) is 0 Å². The lowest BCUT2D eigenvalue weighted by Crippen LogP contribution is -2.58. The van der Waals surface area contributed by atoms with Crippen molar-refractivity contribution >= 4 is 11.7 Å². The first-order chi connectivity index (χ1) is 9.22. The van der Waals surface area contributed by atoms with Crippen molar-refractivity contribution in [2.45, 2.75) is 25.3 Å². The summed E-state index contributed by atoms with van der Waals surface area (Å²) in [5.41, 5.74) is 0.715. The van der Waals surface area contributed by atoms with E-state index in [1.54, 1.807) is 0 Å². The zero-order valence-corrected chi connectivity index (χ0v) is 11.7. The van der Waals surface area contributed by atoms with Gasteiger partial charge in [0.25, 0.3) is 0 Å². The molecule has 0 aromatic heterocycles. The predicted octanol–water partition coefficient (Wildman–Crippen LogP) is 1.81. The molecule has 2 rings (SSSR count). The monoisotopic (exact) mass is 262 g/mol. The molecular formula is C15H22N2O2. The quantitative estimate of drug-likeness (QED) is 0.840. The molecule has 1 saturated heterocycles. The highest BCUT2D eigenvalue weighted by Crippen LogP contribution is 2.27. The van der Waals surface area contributed by atoms with E-state index >= 15 is 0 Å². The molecule has 0 bridgehead atoms. The predicted molar refractivity (Wildman–Crippen MR) is 76.3 cm³/mol. The zero-order chi connectivity index (χ0) is 13.7. The van der Waals surface area contributed by atoms with E-state index < -0.39 is 5.54 Å². The smallest absolute Gasteiger partial charge is 0.326 e. The number of anilines is 1. The van der Waals surface area contributed by atoms with Crippen LogP contribution in [-0.4, -0.2) is 38.3 Å². The summed E-state index contributed by atoms with van der Waals surface area (Å²) in [5, 5.41) is 3.32. The molecule has 1 aliphatic heterocycles. The van der Waals surface area contributed by atoms with Crippen molar-refractivity contribution in [2.24, 2.45) is 0 Å². The van der Waals surface area contributed by atoms with Gasteiger partial charge in [0.1, 0.15) is 5.54 Å². The molecule has 1 aromatic carbocycles. The van der Waals surface area contributed by atoms with Gasteiger partial charge in [0.05, 0.1) is 7.11 Å². The summed E-state index contributed by atoms with van der Waals surface area (Å²) in [6.45, 7) is 4.53. The van der Waals surface area contributed by atoms with Gasteiger partial charge in [-0.1, -0.05) is 25.1 Å². The van der Waals surface area contributed by atoms with E-state index in [-0.39, 0.29) is 5.97 Å². The van der Waals surface area contributed by atoms with E-state index in [1.807, 2.05) is 25.1 Å². The third kappa shape index (κ3) is 2.89. The minimum Gasteiger partial charge on any atom is -0.468 e. The molecule has 0 unspecified atom stereocenters. The highest BCUT2D eigenvalue weighted by Gasteiger charge is 2.41. The number of likely N-dealkylation sites (N-methyl/N-ethyl adjacent to an activating group) is 1. The number of ether oxygens (including phenoxy) is 1. The Labute approximate surface area is 114 Å². The summed E-state index contributed by atoms with van der Waals surface area (Å²) in [6, 6.07) is 10.3. The average Bonchev–Trinajstić information content (AvgIpc) is 2.48. The van der Waals surface area contributed by atoms with Crippen molar-refractivity contribution in [3.05, 3.63) is 30.3 Å². The Morgan fingerprint density at radius 3 is 2.47 bits per heavy atom. The van der Waals surface area contributed by atoms with Crippen molar-refractivity contribution in [2.75, 3.05) is 31.6 Å². The van der Waals surface area contributed by atoms with Crippen LogP contribution in [0.2, 0.25) is 0 Å². The van der Waals surface area contributed by atoms with Crippen molar-refractivity contribution < 1.29 is 9.53 Å². The van der Waals surface area contributed by atoms with Gasteiger partial charge in [-0.05, 0) is 31.5 Å². The molecule has 0 amide bonds. The van der Waals surface area contributed by atoms with E-state index in [4.69, 9.17) is 4.74 Å². The Morgan fingerprint density at radius 2 is 1.95 bits per heavy atom. The van der Waals surface area contributed by atoms with Crippen LogP contribution in [0.5, 0.6) is 0 Å². The SMILES string of the molecule is CCNC1(C(=O)OC)CCN(c2ccccc2)CC1. The third-order valence-corrected chi connectivity index (χ3v) is 3.83. The van der Waals surface area contributed by atoms with E-state index in [9.17, 15) is 4.79 Å². The number of carbonyl (C=O) groups is 1. The van der Waals surface area contributed by atoms with Crippen LogP contribution in [0.4, 0.5) is 5.69 Å². The molecule has 1 aliphatic rings. The molecular weight excluding hydrogens is 240 g/mol. The topological polar surface area (TPSA) is 41.6 Å². The highest BCUT2D eigenvalue weighted by atomic mass is 16.5. The van der Waals surface area contributed by atoms with Gasteiger partial charge in [0, 0.05) is 18.8 Å². The first-order valence-corrected chi connectivity index (χ1v) is 6.85. The lowest BCUT2D eigenvalue weighted by molar-refractivity contribution is -0.149. The number of carbonyl (C=O) groups excluding carboxylic acids is 1. The van der Waals surface area contributed by atoms with E-state index in [2.05, 4.69) is 22.3 Å². The summed E-state index contributed by atoms with van der Waals surface area (Å²) in [6.07, 6.45) is 1.56. The molecule has 19 heavy (non-hydrogen) atoms. The van der Waals surface area contributed by atoms with Gasteiger partial charge < -0.3 is 15.0 Å². The maximum absolute atomic E-state index is 12.0. The maximum atomic E-state index is 12.0. The van der Waals surface area contributed by atoms with Crippen molar-refractivity contribution in [1.29, 1.82) is 0 Å². The summed E-state index contributed by atoms with van der Waals surface area (Å²) in [7, 11) is 1.46. The lowest BCUT2D eigenvalue weighted by Gasteiger charge is -2.41. The Balaban J connectivity index is 2.06. The van der Waals surface area contributed by atoms with Gasteiger partial charge in [-0.3, -0.25) is 4.79 Å². The Kier molecular flexibility index (Phi) is 4.43. The number of benzene rings is 1. The first kappa shape index (κ1) is 13.9. The first-order valence-electron chi connectivity index (χ1n) is 6.85. The van der Waals surface area contributed by atoms with E-state index in [1.165, 1.54) is 12.8 Å². The molecule has 0 atom stereocenters. The van der Waals surface area contributed by atoms with E-state index in [0.29, 0.717) is 0 Å². The number of nitrogens with one attached hydrogen (secondary N) is 1. The van der Waals surface area contributed by atoms with Gasteiger partial charge in [-0.15, -0.1) is 0 Å². The Hall–Kier alpha value is -1.55. The number of rotatable bonds is 4. The van der Waals surface area contributed by atoms with Gasteiger partial charge in [0.15, 0.2) is 0 Å². The van der Waals surface area contributed by atoms with Crippen LogP contribution >= 0.6 is 0 Å². The molecule has 4 nitrogen and oxygen atoms in total. The molecule has 104 valence electrons. The molecule has 4 heteroatoms. The van der Waals surface area contributed by atoms with Gasteiger partial charge in [0.2, 0.25) is 0 Å². The molecule has 1 N–H and O–H groups in total. The van der Waals surface area contributed by atoms with Gasteiger partial charge in [-0.25, -0.2) is 0 Å². The fourth-order valence-corrected chi connectivity index (χ4v) is 2.77. The minimum atomic E-state index is -0.505. The zero-order valence-electron chi connectivity index (χ0n) is 11.7. The molecule has 0 spiro atoms. The second-order valence-electron chi connectivity index (χ2n) is 4.93. The molecule has 0 radical (unpaired) electrons. The Morgan fingerprint density at radius 1 is 1.32 bits per heavy atom.